The average molecular weight is 237 g/mol. The first kappa shape index (κ1) is 13.5. The molecule has 4 nitrogen and oxygen atoms in total. The van der Waals surface area contributed by atoms with E-state index in [-0.39, 0.29) is 18.3 Å². The van der Waals surface area contributed by atoms with Crippen molar-refractivity contribution in [3.05, 3.63) is 29.2 Å². The van der Waals surface area contributed by atoms with Crippen LogP contribution in [-0.4, -0.2) is 17.9 Å². The number of aliphatic hydroxyl groups excluding tert-OH is 1. The Hall–Kier alpha value is -1.55. The lowest BCUT2D eigenvalue weighted by atomic mass is 9.96. The molecule has 0 fully saturated rings. The molecule has 2 N–H and O–H groups in total. The molecule has 0 atom stereocenters. The number of ketones is 1. The number of allylic oxidation sites excluding steroid dienone is 1. The molecule has 0 spiro atoms. The molecule has 0 saturated carbocycles. The zero-order valence-corrected chi connectivity index (χ0v) is 10.7. The van der Waals surface area contributed by atoms with Gasteiger partial charge in [-0.05, 0) is 18.9 Å². The Balaban J connectivity index is 3.28. The third kappa shape index (κ3) is 2.97. The predicted molar refractivity (Wildman–Crippen MR) is 66.1 cm³/mol. The monoisotopic (exact) mass is 237 g/mol. The highest BCUT2D eigenvalue weighted by Gasteiger charge is 2.18. The number of carbonyl (C=O) groups excluding carboxylic acids is 1. The van der Waals surface area contributed by atoms with Gasteiger partial charge in [0.2, 0.25) is 0 Å². The molecule has 1 heterocycles. The van der Waals surface area contributed by atoms with Gasteiger partial charge < -0.3 is 14.8 Å². The lowest BCUT2D eigenvalue weighted by Crippen LogP contribution is -2.15. The molecule has 0 unspecified atom stereocenters. The number of hydrogen-bond donors (Lipinski definition) is 2. The summed E-state index contributed by atoms with van der Waals surface area (Å²) in [5, 5.41) is 12.0. The molecule has 0 radical (unpaired) electrons. The van der Waals surface area contributed by atoms with Gasteiger partial charge in [-0.15, -0.1) is 0 Å². The van der Waals surface area contributed by atoms with Crippen LogP contribution in [0.4, 0.5) is 0 Å². The summed E-state index contributed by atoms with van der Waals surface area (Å²) in [6.45, 7) is 5.40. The van der Waals surface area contributed by atoms with Crippen LogP contribution in [0.3, 0.4) is 0 Å². The second kappa shape index (κ2) is 5.68. The van der Waals surface area contributed by atoms with E-state index in [4.69, 9.17) is 9.52 Å². The molecule has 0 bridgehead atoms. The summed E-state index contributed by atoms with van der Waals surface area (Å²) in [5.74, 6) is 0.708. The second-order valence-electron chi connectivity index (χ2n) is 4.23. The van der Waals surface area contributed by atoms with Gasteiger partial charge in [-0.2, -0.15) is 0 Å². The molecule has 0 aliphatic heterocycles. The largest absolute Gasteiger partial charge is 0.462 e. The van der Waals surface area contributed by atoms with Crippen LogP contribution in [0.25, 0.3) is 5.70 Å². The van der Waals surface area contributed by atoms with Gasteiger partial charge in [-0.1, -0.05) is 13.8 Å². The van der Waals surface area contributed by atoms with E-state index >= 15 is 0 Å². The quantitative estimate of drug-likeness (QED) is 0.768. The Labute approximate surface area is 101 Å². The van der Waals surface area contributed by atoms with Crippen molar-refractivity contribution in [3.8, 4) is 0 Å². The van der Waals surface area contributed by atoms with Crippen LogP contribution in [0, 0.1) is 5.92 Å². The maximum atomic E-state index is 11.6. The van der Waals surface area contributed by atoms with E-state index in [2.05, 4.69) is 5.32 Å². The number of rotatable bonds is 5. The molecule has 17 heavy (non-hydrogen) atoms. The van der Waals surface area contributed by atoms with Gasteiger partial charge >= 0.3 is 0 Å². The van der Waals surface area contributed by atoms with E-state index in [1.807, 2.05) is 13.8 Å². The molecule has 1 aromatic rings. The van der Waals surface area contributed by atoms with Crippen LogP contribution >= 0.6 is 0 Å². The Kier molecular flexibility index (Phi) is 4.52. The third-order valence-electron chi connectivity index (χ3n) is 2.56. The van der Waals surface area contributed by atoms with E-state index in [0.29, 0.717) is 22.6 Å². The van der Waals surface area contributed by atoms with Crippen LogP contribution < -0.4 is 5.32 Å². The van der Waals surface area contributed by atoms with E-state index in [1.54, 1.807) is 20.0 Å². The normalized spacial score (nSPS) is 12.6. The lowest BCUT2D eigenvalue weighted by Gasteiger charge is -2.14. The number of aliphatic hydroxyl groups is 1. The maximum Gasteiger partial charge on any atom is 0.158 e. The van der Waals surface area contributed by atoms with Gasteiger partial charge in [0.1, 0.15) is 0 Å². The summed E-state index contributed by atoms with van der Waals surface area (Å²) >= 11 is 0. The number of carbonyl (C=O) groups is 1. The fourth-order valence-electron chi connectivity index (χ4n) is 1.85. The van der Waals surface area contributed by atoms with Crippen molar-refractivity contribution in [1.29, 1.82) is 0 Å². The van der Waals surface area contributed by atoms with Crippen LogP contribution in [0.2, 0.25) is 0 Å². The molecule has 94 valence electrons. The van der Waals surface area contributed by atoms with Gasteiger partial charge in [0.05, 0.1) is 18.6 Å². The number of Topliss-reactive ketones (excluding diaryl/α,β-unsaturated/α-hetero) is 1. The summed E-state index contributed by atoms with van der Waals surface area (Å²) in [7, 11) is 1.75. The first-order valence-electron chi connectivity index (χ1n) is 5.62. The standard InChI is InChI=1S/C13H19NO3/c1-8(2)12(9(3)16)13(14-4)11-5-10(6-15)7-17-11/h5,7-8,14-15H,6H2,1-4H3/b13-12-. The molecule has 1 aromatic heterocycles. The molecule has 0 saturated heterocycles. The molecular weight excluding hydrogens is 218 g/mol. The first-order chi connectivity index (χ1) is 8.01. The van der Waals surface area contributed by atoms with Crippen LogP contribution in [-0.2, 0) is 11.4 Å². The predicted octanol–water partition coefficient (Wildman–Crippen LogP) is 1.95. The van der Waals surface area contributed by atoms with Crippen LogP contribution in [0.5, 0.6) is 0 Å². The minimum Gasteiger partial charge on any atom is -0.462 e. The first-order valence-corrected chi connectivity index (χ1v) is 5.62. The maximum absolute atomic E-state index is 11.6. The molecule has 1 rings (SSSR count). The van der Waals surface area contributed by atoms with Crippen LogP contribution in [0.15, 0.2) is 22.3 Å². The van der Waals surface area contributed by atoms with Crippen molar-refractivity contribution < 1.29 is 14.3 Å². The van der Waals surface area contributed by atoms with Crippen molar-refractivity contribution >= 4 is 11.5 Å². The van der Waals surface area contributed by atoms with Crippen molar-refractivity contribution in [2.24, 2.45) is 5.92 Å². The lowest BCUT2D eigenvalue weighted by molar-refractivity contribution is -0.114. The van der Waals surface area contributed by atoms with Crippen molar-refractivity contribution in [3.63, 3.8) is 0 Å². The van der Waals surface area contributed by atoms with Gasteiger partial charge in [-0.25, -0.2) is 0 Å². The highest BCUT2D eigenvalue weighted by atomic mass is 16.3. The van der Waals surface area contributed by atoms with Crippen molar-refractivity contribution in [2.75, 3.05) is 7.05 Å². The highest BCUT2D eigenvalue weighted by Crippen LogP contribution is 2.24. The van der Waals surface area contributed by atoms with Gasteiger partial charge in [0.25, 0.3) is 0 Å². The minimum absolute atomic E-state index is 0.0197. The van der Waals surface area contributed by atoms with Crippen molar-refractivity contribution in [2.45, 2.75) is 27.4 Å². The molecule has 0 amide bonds. The topological polar surface area (TPSA) is 62.5 Å². The summed E-state index contributed by atoms with van der Waals surface area (Å²) in [4.78, 5) is 11.6. The zero-order chi connectivity index (χ0) is 13.0. The third-order valence-corrected chi connectivity index (χ3v) is 2.56. The fraction of sp³-hybridized carbons (Fsp3) is 0.462. The van der Waals surface area contributed by atoms with Gasteiger partial charge in [0.15, 0.2) is 11.5 Å². The highest BCUT2D eigenvalue weighted by molar-refractivity contribution is 6.00. The van der Waals surface area contributed by atoms with Crippen molar-refractivity contribution in [1.82, 2.24) is 5.32 Å². The Morgan fingerprint density at radius 2 is 2.18 bits per heavy atom. The van der Waals surface area contributed by atoms with Gasteiger partial charge in [-0.3, -0.25) is 4.79 Å². The van der Waals surface area contributed by atoms with E-state index in [1.165, 1.54) is 6.26 Å². The van der Waals surface area contributed by atoms with Gasteiger partial charge in [0, 0.05) is 18.2 Å². The van der Waals surface area contributed by atoms with E-state index in [0.717, 1.165) is 0 Å². The molecule has 4 heteroatoms. The Morgan fingerprint density at radius 1 is 1.53 bits per heavy atom. The summed E-state index contributed by atoms with van der Waals surface area (Å²) in [6.07, 6.45) is 1.49. The summed E-state index contributed by atoms with van der Waals surface area (Å²) < 4.78 is 5.36. The minimum atomic E-state index is -0.0718. The van der Waals surface area contributed by atoms with E-state index < -0.39 is 0 Å². The average Bonchev–Trinajstić information content (AvgIpc) is 2.72. The Morgan fingerprint density at radius 3 is 2.53 bits per heavy atom. The summed E-state index contributed by atoms with van der Waals surface area (Å²) in [5.41, 5.74) is 2.08. The molecule has 0 aromatic carbocycles. The number of nitrogens with one attached hydrogen (secondary N) is 1. The van der Waals surface area contributed by atoms with E-state index in [9.17, 15) is 4.79 Å². The summed E-state index contributed by atoms with van der Waals surface area (Å²) in [6, 6.07) is 1.73. The SMILES string of the molecule is CN/C(=C(\C(C)=O)C(C)C)c1cc(CO)co1. The number of furan rings is 1. The number of hydrogen-bond acceptors (Lipinski definition) is 4. The second-order valence-corrected chi connectivity index (χ2v) is 4.23. The zero-order valence-electron chi connectivity index (χ0n) is 10.7. The Bertz CT molecular complexity index is 430. The molecule has 0 aliphatic rings. The van der Waals surface area contributed by atoms with Crippen LogP contribution in [0.1, 0.15) is 32.1 Å². The molecular formula is C13H19NO3. The smallest absolute Gasteiger partial charge is 0.158 e. The fourth-order valence-corrected chi connectivity index (χ4v) is 1.85. The molecule has 0 aliphatic carbocycles.